The predicted molar refractivity (Wildman–Crippen MR) is 126 cm³/mol. The second-order valence-electron chi connectivity index (χ2n) is 8.00. The van der Waals surface area contributed by atoms with Crippen LogP contribution in [0.3, 0.4) is 0 Å². The van der Waals surface area contributed by atoms with Crippen LogP contribution in [0.4, 0.5) is 0 Å². The summed E-state index contributed by atoms with van der Waals surface area (Å²) >= 11 is 0. The van der Waals surface area contributed by atoms with Crippen LogP contribution in [0.1, 0.15) is 24.1 Å². The van der Waals surface area contributed by atoms with Gasteiger partial charge in [0.25, 0.3) is 5.91 Å². The molecular formula is C27H30N2O3. The maximum absolute atomic E-state index is 13.1. The summed E-state index contributed by atoms with van der Waals surface area (Å²) in [6.45, 7) is 4.77. The van der Waals surface area contributed by atoms with Crippen molar-refractivity contribution >= 4 is 5.91 Å². The fourth-order valence-corrected chi connectivity index (χ4v) is 4.30. The zero-order valence-corrected chi connectivity index (χ0v) is 18.7. The molecule has 0 aromatic heterocycles. The summed E-state index contributed by atoms with van der Waals surface area (Å²) in [5.74, 6) is 1.22. The highest BCUT2D eigenvalue weighted by Crippen LogP contribution is 2.30. The second-order valence-corrected chi connectivity index (χ2v) is 8.00. The molecule has 0 N–H and O–H groups in total. The molecule has 1 unspecified atom stereocenters. The molecule has 3 aromatic rings. The minimum absolute atomic E-state index is 0.00604. The van der Waals surface area contributed by atoms with Crippen molar-refractivity contribution < 1.29 is 14.3 Å². The van der Waals surface area contributed by atoms with Gasteiger partial charge in [0.2, 0.25) is 0 Å². The first-order valence-electron chi connectivity index (χ1n) is 11.1. The Hall–Kier alpha value is -3.31. The molecule has 0 radical (unpaired) electrons. The molecule has 32 heavy (non-hydrogen) atoms. The number of nitrogens with zero attached hydrogens (tertiary/aromatic N) is 2. The minimum atomic E-state index is -0.572. The third-order valence-corrected chi connectivity index (χ3v) is 5.94. The molecule has 1 atom stereocenters. The number of amides is 1. The lowest BCUT2D eigenvalue weighted by Crippen LogP contribution is -2.52. The monoisotopic (exact) mass is 430 g/mol. The third-order valence-electron chi connectivity index (χ3n) is 5.94. The summed E-state index contributed by atoms with van der Waals surface area (Å²) in [6.07, 6.45) is -0.572. The summed E-state index contributed by atoms with van der Waals surface area (Å²) < 4.78 is 11.3. The molecule has 166 valence electrons. The van der Waals surface area contributed by atoms with Crippen LogP contribution in [0, 0.1) is 0 Å². The number of hydrogen-bond acceptors (Lipinski definition) is 4. The number of methoxy groups -OCH3 is 1. The van der Waals surface area contributed by atoms with Crippen molar-refractivity contribution in [3.05, 3.63) is 96.1 Å². The lowest BCUT2D eigenvalue weighted by Gasteiger charge is -2.40. The van der Waals surface area contributed by atoms with Crippen LogP contribution in [-0.4, -0.2) is 55.1 Å². The lowest BCUT2D eigenvalue weighted by molar-refractivity contribution is -0.140. The highest BCUT2D eigenvalue weighted by atomic mass is 16.5. The SMILES string of the molecule is COc1ccccc1OC(C)C(=O)N1CCN(C(c2ccccc2)c2ccccc2)CC1. The van der Waals surface area contributed by atoms with E-state index in [1.54, 1.807) is 14.0 Å². The summed E-state index contributed by atoms with van der Waals surface area (Å²) in [6, 6.07) is 28.7. The Bertz CT molecular complexity index is 962. The average Bonchev–Trinajstić information content (AvgIpc) is 2.86. The molecule has 5 nitrogen and oxygen atoms in total. The molecule has 1 amide bonds. The summed E-state index contributed by atoms with van der Waals surface area (Å²) in [5, 5.41) is 0. The smallest absolute Gasteiger partial charge is 0.263 e. The van der Waals surface area contributed by atoms with Gasteiger partial charge in [0.1, 0.15) is 0 Å². The number of rotatable bonds is 7. The van der Waals surface area contributed by atoms with Crippen molar-refractivity contribution in [1.29, 1.82) is 0 Å². The minimum Gasteiger partial charge on any atom is -0.493 e. The van der Waals surface area contributed by atoms with Crippen LogP contribution in [0.25, 0.3) is 0 Å². The van der Waals surface area contributed by atoms with Crippen LogP contribution in [0.2, 0.25) is 0 Å². The van der Waals surface area contributed by atoms with E-state index in [9.17, 15) is 4.79 Å². The number of piperazine rings is 1. The van der Waals surface area contributed by atoms with Crippen LogP contribution < -0.4 is 9.47 Å². The van der Waals surface area contributed by atoms with Gasteiger partial charge in [0.15, 0.2) is 17.6 Å². The van der Waals surface area contributed by atoms with E-state index in [-0.39, 0.29) is 11.9 Å². The van der Waals surface area contributed by atoms with E-state index >= 15 is 0 Å². The molecule has 1 saturated heterocycles. The van der Waals surface area contributed by atoms with Gasteiger partial charge in [-0.2, -0.15) is 0 Å². The van der Waals surface area contributed by atoms with E-state index in [1.807, 2.05) is 41.3 Å². The number of carbonyl (C=O) groups excluding carboxylic acids is 1. The number of ether oxygens (including phenoxy) is 2. The molecule has 0 saturated carbocycles. The maximum atomic E-state index is 13.1. The molecule has 4 rings (SSSR count). The molecule has 3 aromatic carbocycles. The first-order chi connectivity index (χ1) is 15.7. The molecule has 1 heterocycles. The Labute approximate surface area is 190 Å². The van der Waals surface area contributed by atoms with E-state index in [0.29, 0.717) is 24.6 Å². The highest BCUT2D eigenvalue weighted by Gasteiger charge is 2.30. The zero-order valence-electron chi connectivity index (χ0n) is 18.7. The molecule has 5 heteroatoms. The average molecular weight is 431 g/mol. The van der Waals surface area contributed by atoms with Crippen molar-refractivity contribution in [2.45, 2.75) is 19.1 Å². The lowest BCUT2D eigenvalue weighted by atomic mass is 9.96. The second kappa shape index (κ2) is 10.3. The van der Waals surface area contributed by atoms with Crippen molar-refractivity contribution in [3.8, 4) is 11.5 Å². The Morgan fingerprint density at radius 1 is 0.750 bits per heavy atom. The fourth-order valence-electron chi connectivity index (χ4n) is 4.30. The van der Waals surface area contributed by atoms with Crippen LogP contribution in [0.5, 0.6) is 11.5 Å². The first-order valence-corrected chi connectivity index (χ1v) is 11.1. The van der Waals surface area contributed by atoms with E-state index in [0.717, 1.165) is 13.1 Å². The van der Waals surface area contributed by atoms with Crippen LogP contribution >= 0.6 is 0 Å². The Morgan fingerprint density at radius 2 is 1.25 bits per heavy atom. The normalized spacial score (nSPS) is 15.4. The molecule has 1 aliphatic heterocycles. The molecule has 1 aliphatic rings. The molecular weight excluding hydrogens is 400 g/mol. The summed E-state index contributed by atoms with van der Waals surface area (Å²) in [7, 11) is 1.60. The third kappa shape index (κ3) is 4.94. The van der Waals surface area contributed by atoms with Gasteiger partial charge in [-0.3, -0.25) is 9.69 Å². The van der Waals surface area contributed by atoms with Crippen molar-refractivity contribution in [2.24, 2.45) is 0 Å². The number of carbonyl (C=O) groups is 1. The van der Waals surface area contributed by atoms with Gasteiger partial charge in [-0.1, -0.05) is 72.8 Å². The Balaban J connectivity index is 1.42. The van der Waals surface area contributed by atoms with Crippen molar-refractivity contribution in [3.63, 3.8) is 0 Å². The molecule has 0 bridgehead atoms. The van der Waals surface area contributed by atoms with E-state index < -0.39 is 6.10 Å². The largest absolute Gasteiger partial charge is 0.493 e. The highest BCUT2D eigenvalue weighted by molar-refractivity contribution is 5.81. The summed E-state index contributed by atoms with van der Waals surface area (Å²) in [4.78, 5) is 17.4. The molecule has 0 spiro atoms. The van der Waals surface area contributed by atoms with Gasteiger partial charge >= 0.3 is 0 Å². The number of benzene rings is 3. The maximum Gasteiger partial charge on any atom is 0.263 e. The van der Waals surface area contributed by atoms with Gasteiger partial charge in [0.05, 0.1) is 13.2 Å². The van der Waals surface area contributed by atoms with Crippen LogP contribution in [0.15, 0.2) is 84.9 Å². The van der Waals surface area contributed by atoms with Crippen molar-refractivity contribution in [1.82, 2.24) is 9.80 Å². The molecule has 0 aliphatic carbocycles. The van der Waals surface area contributed by atoms with E-state index in [4.69, 9.17) is 9.47 Å². The van der Waals surface area contributed by atoms with Crippen molar-refractivity contribution in [2.75, 3.05) is 33.3 Å². The Morgan fingerprint density at radius 3 is 1.78 bits per heavy atom. The van der Waals surface area contributed by atoms with Gasteiger partial charge < -0.3 is 14.4 Å². The van der Waals surface area contributed by atoms with Gasteiger partial charge in [-0.25, -0.2) is 0 Å². The predicted octanol–water partition coefficient (Wildman–Crippen LogP) is 4.40. The standard InChI is InChI=1S/C27H30N2O3/c1-21(32-25-16-10-9-15-24(25)31-2)27(30)29-19-17-28(18-20-29)26(22-11-5-3-6-12-22)23-13-7-4-8-14-23/h3-16,21,26H,17-20H2,1-2H3. The quantitative estimate of drug-likeness (QED) is 0.557. The van der Waals surface area contributed by atoms with Gasteiger partial charge in [-0.15, -0.1) is 0 Å². The number of para-hydroxylation sites is 2. The zero-order chi connectivity index (χ0) is 22.3. The molecule has 1 fully saturated rings. The topological polar surface area (TPSA) is 42.0 Å². The van der Waals surface area contributed by atoms with E-state index in [1.165, 1.54) is 11.1 Å². The Kier molecular flexibility index (Phi) is 7.07. The fraction of sp³-hybridized carbons (Fsp3) is 0.296. The first kappa shape index (κ1) is 21.9. The van der Waals surface area contributed by atoms with Crippen LogP contribution in [-0.2, 0) is 4.79 Å². The van der Waals surface area contributed by atoms with E-state index in [2.05, 4.69) is 53.4 Å². The summed E-state index contributed by atoms with van der Waals surface area (Å²) in [5.41, 5.74) is 2.54. The van der Waals surface area contributed by atoms with Gasteiger partial charge in [-0.05, 0) is 30.2 Å². The number of hydrogen-bond donors (Lipinski definition) is 0. The van der Waals surface area contributed by atoms with Gasteiger partial charge in [0, 0.05) is 26.2 Å².